The van der Waals surface area contributed by atoms with E-state index in [0.29, 0.717) is 0 Å². The molecule has 1 N–H and O–H groups in total. The van der Waals surface area contributed by atoms with Crippen molar-refractivity contribution < 1.29 is 4.92 Å². The first-order valence-electron chi connectivity index (χ1n) is 8.31. The lowest BCUT2D eigenvalue weighted by Crippen LogP contribution is -2.08. The fraction of sp³-hybridized carbons (Fsp3) is 0.105. The molecule has 8 nitrogen and oxygen atoms in total. The Morgan fingerprint density at radius 1 is 1.04 bits per heavy atom. The van der Waals surface area contributed by atoms with Gasteiger partial charge >= 0.3 is 5.69 Å². The number of para-hydroxylation sites is 2. The number of hydrogen-bond donors (Lipinski definition) is 1. The Morgan fingerprint density at radius 3 is 2.67 bits per heavy atom. The monoisotopic (exact) mass is 360 g/mol. The van der Waals surface area contributed by atoms with Crippen LogP contribution in [0, 0.1) is 24.0 Å². The number of nitrogens with zero attached hydrogens (tertiary/aromatic N) is 5. The third-order valence-corrected chi connectivity index (χ3v) is 4.52. The molecule has 4 rings (SSSR count). The van der Waals surface area contributed by atoms with Crippen LogP contribution in [0.1, 0.15) is 11.1 Å². The van der Waals surface area contributed by atoms with Crippen molar-refractivity contribution >= 4 is 28.2 Å². The minimum absolute atomic E-state index is 0.136. The number of aromatic nitrogens is 4. The summed E-state index contributed by atoms with van der Waals surface area (Å²) >= 11 is 0. The SMILES string of the molecule is Cc1cccc(Nc2ncnc(-n3cnc4ccccc43)c2[N+](=O)[O-])c1C. The maximum Gasteiger partial charge on any atom is 0.354 e. The molecule has 27 heavy (non-hydrogen) atoms. The third kappa shape index (κ3) is 2.86. The first-order chi connectivity index (χ1) is 13.1. The number of nitrogens with one attached hydrogen (secondary N) is 1. The van der Waals surface area contributed by atoms with Crippen molar-refractivity contribution in [3.63, 3.8) is 0 Å². The average molecular weight is 360 g/mol. The quantitative estimate of drug-likeness (QED) is 0.435. The smallest absolute Gasteiger partial charge is 0.334 e. The van der Waals surface area contributed by atoms with E-state index in [4.69, 9.17) is 0 Å². The Labute approximate surface area is 154 Å². The average Bonchev–Trinajstić information content (AvgIpc) is 3.09. The van der Waals surface area contributed by atoms with Crippen molar-refractivity contribution in [3.05, 3.63) is 76.4 Å². The highest BCUT2D eigenvalue weighted by Gasteiger charge is 2.25. The molecule has 2 aromatic carbocycles. The number of imidazole rings is 1. The minimum Gasteiger partial charge on any atom is -0.334 e. The van der Waals surface area contributed by atoms with Crippen molar-refractivity contribution in [2.24, 2.45) is 0 Å². The number of nitro groups is 1. The van der Waals surface area contributed by atoms with Crippen molar-refractivity contribution in [1.29, 1.82) is 0 Å². The number of rotatable bonds is 4. The Morgan fingerprint density at radius 2 is 1.85 bits per heavy atom. The number of benzene rings is 2. The lowest BCUT2D eigenvalue weighted by molar-refractivity contribution is -0.384. The molecule has 0 unspecified atom stereocenters. The van der Waals surface area contributed by atoms with Crippen molar-refractivity contribution in [2.75, 3.05) is 5.32 Å². The van der Waals surface area contributed by atoms with Crippen molar-refractivity contribution in [2.45, 2.75) is 13.8 Å². The molecule has 0 bridgehead atoms. The van der Waals surface area contributed by atoms with Crippen LogP contribution >= 0.6 is 0 Å². The summed E-state index contributed by atoms with van der Waals surface area (Å²) in [6, 6.07) is 13.1. The van der Waals surface area contributed by atoms with Gasteiger partial charge in [-0.3, -0.25) is 14.7 Å². The van der Waals surface area contributed by atoms with Crippen LogP contribution in [-0.4, -0.2) is 24.4 Å². The molecule has 0 saturated carbocycles. The summed E-state index contributed by atoms with van der Waals surface area (Å²) in [6.45, 7) is 3.94. The van der Waals surface area contributed by atoms with Crippen molar-refractivity contribution in [3.8, 4) is 5.82 Å². The highest BCUT2D eigenvalue weighted by atomic mass is 16.6. The summed E-state index contributed by atoms with van der Waals surface area (Å²) in [5.74, 6) is 0.299. The molecule has 134 valence electrons. The van der Waals surface area contributed by atoms with E-state index in [9.17, 15) is 10.1 Å². The van der Waals surface area contributed by atoms with E-state index in [1.807, 2.05) is 56.3 Å². The second kappa shape index (κ2) is 6.49. The van der Waals surface area contributed by atoms with Crippen molar-refractivity contribution in [1.82, 2.24) is 19.5 Å². The Kier molecular flexibility index (Phi) is 4.00. The second-order valence-electron chi connectivity index (χ2n) is 6.13. The molecule has 0 spiro atoms. The second-order valence-corrected chi connectivity index (χ2v) is 6.13. The standard InChI is InChI=1S/C19H16N6O2/c1-12-6-5-8-14(13(12)2)23-18-17(25(26)27)19(21-10-20-18)24-11-22-15-7-3-4-9-16(15)24/h3-11H,1-2H3,(H,20,21,23). The molecule has 0 saturated heterocycles. The third-order valence-electron chi connectivity index (χ3n) is 4.52. The Balaban J connectivity index is 1.89. The normalized spacial score (nSPS) is 10.9. The van der Waals surface area contributed by atoms with E-state index in [-0.39, 0.29) is 17.3 Å². The van der Waals surface area contributed by atoms with Crippen LogP contribution in [0.4, 0.5) is 17.2 Å². The molecule has 0 aliphatic heterocycles. The number of aryl methyl sites for hydroxylation is 1. The van der Waals surface area contributed by atoms with Crippen LogP contribution in [0.2, 0.25) is 0 Å². The molecule has 0 radical (unpaired) electrons. The Hall–Kier alpha value is -3.81. The summed E-state index contributed by atoms with van der Waals surface area (Å²) in [7, 11) is 0. The van der Waals surface area contributed by atoms with Crippen LogP contribution < -0.4 is 5.32 Å². The Bertz CT molecular complexity index is 1170. The molecule has 2 heterocycles. The number of hydrogen-bond acceptors (Lipinski definition) is 6. The summed E-state index contributed by atoms with van der Waals surface area (Å²) in [4.78, 5) is 24.0. The van der Waals surface area contributed by atoms with Crippen LogP contribution in [0.25, 0.3) is 16.9 Å². The molecule has 8 heteroatoms. The van der Waals surface area contributed by atoms with Gasteiger partial charge in [0, 0.05) is 5.69 Å². The van der Waals surface area contributed by atoms with Crippen LogP contribution in [0.5, 0.6) is 0 Å². The lowest BCUT2D eigenvalue weighted by Gasteiger charge is -2.12. The fourth-order valence-electron chi connectivity index (χ4n) is 2.95. The van der Waals surface area contributed by atoms with Gasteiger partial charge in [-0.1, -0.05) is 24.3 Å². The summed E-state index contributed by atoms with van der Waals surface area (Å²) < 4.78 is 1.60. The predicted octanol–water partition coefficient (Wildman–Crippen LogP) is 4.08. The van der Waals surface area contributed by atoms with Crippen LogP contribution in [0.3, 0.4) is 0 Å². The van der Waals surface area contributed by atoms with Gasteiger partial charge in [-0.2, -0.15) is 0 Å². The van der Waals surface area contributed by atoms with E-state index in [1.54, 1.807) is 4.57 Å². The van der Waals surface area contributed by atoms with Gasteiger partial charge in [0.15, 0.2) is 0 Å². The topological polar surface area (TPSA) is 98.8 Å². The van der Waals surface area contributed by atoms with Gasteiger partial charge < -0.3 is 5.32 Å². The van der Waals surface area contributed by atoms with E-state index in [0.717, 1.165) is 27.8 Å². The largest absolute Gasteiger partial charge is 0.354 e. The maximum absolute atomic E-state index is 11.9. The van der Waals surface area contributed by atoms with Gasteiger partial charge in [0.1, 0.15) is 12.7 Å². The molecule has 4 aromatic rings. The first kappa shape index (κ1) is 16.6. The van der Waals surface area contributed by atoms with Gasteiger partial charge in [-0.25, -0.2) is 15.0 Å². The number of fused-ring (bicyclic) bond motifs is 1. The van der Waals surface area contributed by atoms with Gasteiger partial charge in [-0.15, -0.1) is 0 Å². The van der Waals surface area contributed by atoms with E-state index < -0.39 is 4.92 Å². The molecule has 0 amide bonds. The van der Waals surface area contributed by atoms with Gasteiger partial charge in [-0.05, 0) is 43.2 Å². The van der Waals surface area contributed by atoms with Gasteiger partial charge in [0.05, 0.1) is 16.0 Å². The molecule has 0 aliphatic rings. The first-order valence-corrected chi connectivity index (χ1v) is 8.31. The lowest BCUT2D eigenvalue weighted by atomic mass is 10.1. The molecular formula is C19H16N6O2. The zero-order valence-corrected chi connectivity index (χ0v) is 14.7. The summed E-state index contributed by atoms with van der Waals surface area (Å²) in [5, 5.41) is 15.0. The van der Waals surface area contributed by atoms with E-state index in [2.05, 4.69) is 20.3 Å². The van der Waals surface area contributed by atoms with E-state index >= 15 is 0 Å². The molecule has 0 aliphatic carbocycles. The molecular weight excluding hydrogens is 344 g/mol. The van der Waals surface area contributed by atoms with Crippen LogP contribution in [0.15, 0.2) is 55.1 Å². The van der Waals surface area contributed by atoms with Gasteiger partial charge in [0.25, 0.3) is 0 Å². The van der Waals surface area contributed by atoms with Crippen LogP contribution in [-0.2, 0) is 0 Å². The predicted molar refractivity (Wildman–Crippen MR) is 103 cm³/mol. The zero-order chi connectivity index (χ0) is 19.0. The molecule has 0 atom stereocenters. The molecule has 0 fully saturated rings. The minimum atomic E-state index is -0.475. The molecule has 2 aromatic heterocycles. The number of anilines is 2. The summed E-state index contributed by atoms with van der Waals surface area (Å²) in [5.41, 5.74) is 4.10. The highest BCUT2D eigenvalue weighted by Crippen LogP contribution is 2.32. The highest BCUT2D eigenvalue weighted by molar-refractivity contribution is 5.80. The van der Waals surface area contributed by atoms with E-state index in [1.165, 1.54) is 12.7 Å². The van der Waals surface area contributed by atoms with Gasteiger partial charge in [0.2, 0.25) is 11.6 Å². The summed E-state index contributed by atoms with van der Waals surface area (Å²) in [6.07, 6.45) is 2.84. The fourth-order valence-corrected chi connectivity index (χ4v) is 2.95. The zero-order valence-electron chi connectivity index (χ0n) is 14.7. The maximum atomic E-state index is 11.9.